The van der Waals surface area contributed by atoms with Crippen molar-refractivity contribution in [2.24, 2.45) is 0 Å². The zero-order valence-corrected chi connectivity index (χ0v) is 18.2. The molecule has 2 rings (SSSR count). The number of phenols is 1. The SMILES string of the molecule is CC(C)c1ccc(OCC(=O)NC(=S)Nc2cc(Br)c(O)c(Br)c2)cc1. The third kappa shape index (κ3) is 5.96. The minimum absolute atomic E-state index is 0.0855. The summed E-state index contributed by atoms with van der Waals surface area (Å²) in [4.78, 5) is 12.0. The van der Waals surface area contributed by atoms with E-state index in [-0.39, 0.29) is 23.4 Å². The van der Waals surface area contributed by atoms with Gasteiger partial charge in [0, 0.05) is 5.69 Å². The minimum Gasteiger partial charge on any atom is -0.506 e. The largest absolute Gasteiger partial charge is 0.506 e. The number of hydrogen-bond acceptors (Lipinski definition) is 4. The average molecular weight is 502 g/mol. The number of aromatic hydroxyl groups is 1. The number of hydrogen-bond donors (Lipinski definition) is 3. The second-order valence-corrected chi connectivity index (χ2v) is 7.92. The maximum atomic E-state index is 12.0. The van der Waals surface area contributed by atoms with E-state index in [9.17, 15) is 9.90 Å². The molecule has 1 amide bonds. The third-order valence-corrected chi connectivity index (χ3v) is 4.86. The fraction of sp³-hybridized carbons (Fsp3) is 0.222. The van der Waals surface area contributed by atoms with Crippen molar-refractivity contribution in [3.05, 3.63) is 50.9 Å². The quantitative estimate of drug-likeness (QED) is 0.400. The summed E-state index contributed by atoms with van der Waals surface area (Å²) in [6.45, 7) is 4.08. The molecule has 0 saturated heterocycles. The van der Waals surface area contributed by atoms with E-state index in [1.54, 1.807) is 12.1 Å². The average Bonchev–Trinajstić information content (AvgIpc) is 2.58. The molecule has 0 aliphatic carbocycles. The predicted molar refractivity (Wildman–Crippen MR) is 114 cm³/mol. The number of thiocarbonyl (C=S) groups is 1. The molecule has 0 saturated carbocycles. The summed E-state index contributed by atoms with van der Waals surface area (Å²) < 4.78 is 6.45. The Hall–Kier alpha value is -1.64. The highest BCUT2D eigenvalue weighted by atomic mass is 79.9. The van der Waals surface area contributed by atoms with Crippen LogP contribution in [0.25, 0.3) is 0 Å². The summed E-state index contributed by atoms with van der Waals surface area (Å²) in [6, 6.07) is 10.9. The molecule has 0 radical (unpaired) electrons. The maximum absolute atomic E-state index is 12.0. The molecule has 0 aromatic heterocycles. The number of benzene rings is 2. The smallest absolute Gasteiger partial charge is 0.264 e. The van der Waals surface area contributed by atoms with Gasteiger partial charge in [0.25, 0.3) is 5.91 Å². The van der Waals surface area contributed by atoms with Crippen molar-refractivity contribution >= 4 is 60.8 Å². The second-order valence-electron chi connectivity index (χ2n) is 5.80. The Morgan fingerprint density at radius 3 is 2.31 bits per heavy atom. The summed E-state index contributed by atoms with van der Waals surface area (Å²) in [7, 11) is 0. The maximum Gasteiger partial charge on any atom is 0.264 e. The number of nitrogens with one attached hydrogen (secondary N) is 2. The molecule has 3 N–H and O–H groups in total. The number of carbonyl (C=O) groups excluding carboxylic acids is 1. The summed E-state index contributed by atoms with van der Waals surface area (Å²) in [5.74, 6) is 0.778. The van der Waals surface area contributed by atoms with Crippen LogP contribution in [0.2, 0.25) is 0 Å². The van der Waals surface area contributed by atoms with Crippen molar-refractivity contribution in [1.82, 2.24) is 5.32 Å². The zero-order valence-electron chi connectivity index (χ0n) is 14.2. The summed E-state index contributed by atoms with van der Waals surface area (Å²) >= 11 is 11.6. The lowest BCUT2D eigenvalue weighted by Crippen LogP contribution is -2.37. The Morgan fingerprint density at radius 2 is 1.77 bits per heavy atom. The highest BCUT2D eigenvalue weighted by Gasteiger charge is 2.10. The van der Waals surface area contributed by atoms with Crippen molar-refractivity contribution in [2.45, 2.75) is 19.8 Å². The summed E-state index contributed by atoms with van der Waals surface area (Å²) in [6.07, 6.45) is 0. The number of anilines is 1. The third-order valence-electron chi connectivity index (χ3n) is 3.44. The Labute approximate surface area is 174 Å². The van der Waals surface area contributed by atoms with Crippen LogP contribution in [0.4, 0.5) is 5.69 Å². The number of ether oxygens (including phenoxy) is 1. The fourth-order valence-corrected chi connectivity index (χ4v) is 3.48. The highest BCUT2D eigenvalue weighted by molar-refractivity contribution is 9.11. The van der Waals surface area contributed by atoms with Gasteiger partial charge in [0.05, 0.1) is 8.95 Å². The van der Waals surface area contributed by atoms with E-state index >= 15 is 0 Å². The summed E-state index contributed by atoms with van der Waals surface area (Å²) in [5.41, 5.74) is 1.82. The summed E-state index contributed by atoms with van der Waals surface area (Å²) in [5, 5.41) is 15.3. The molecule has 8 heteroatoms. The van der Waals surface area contributed by atoms with Gasteiger partial charge in [-0.1, -0.05) is 26.0 Å². The van der Waals surface area contributed by atoms with Gasteiger partial charge < -0.3 is 15.2 Å². The Bertz CT molecular complexity index is 788. The molecular formula is C18H18Br2N2O3S. The van der Waals surface area contributed by atoms with Crippen molar-refractivity contribution in [2.75, 3.05) is 11.9 Å². The fourth-order valence-electron chi connectivity index (χ4n) is 2.06. The lowest BCUT2D eigenvalue weighted by atomic mass is 10.0. The van der Waals surface area contributed by atoms with Crippen LogP contribution in [0.5, 0.6) is 11.5 Å². The predicted octanol–water partition coefficient (Wildman–Crippen LogP) is 4.93. The van der Waals surface area contributed by atoms with Gasteiger partial charge in [-0.15, -0.1) is 0 Å². The van der Waals surface area contributed by atoms with Crippen LogP contribution < -0.4 is 15.4 Å². The van der Waals surface area contributed by atoms with Crippen LogP contribution in [0.1, 0.15) is 25.3 Å². The molecule has 0 aliphatic heterocycles. The Balaban J connectivity index is 1.84. The molecule has 138 valence electrons. The Kier molecular flexibility index (Phi) is 7.43. The standard InChI is InChI=1S/C18H18Br2N2O3S/c1-10(2)11-3-5-13(6-4-11)25-9-16(23)22-18(26)21-12-7-14(19)17(24)15(20)8-12/h3-8,10,24H,9H2,1-2H3,(H2,21,22,23,26). The van der Waals surface area contributed by atoms with Crippen LogP contribution in [-0.4, -0.2) is 22.7 Å². The Morgan fingerprint density at radius 1 is 1.19 bits per heavy atom. The molecule has 0 spiro atoms. The van der Waals surface area contributed by atoms with E-state index in [2.05, 4.69) is 56.3 Å². The van der Waals surface area contributed by atoms with Gasteiger partial charge in [0.2, 0.25) is 0 Å². The first-order chi connectivity index (χ1) is 12.3. The molecule has 0 fully saturated rings. The molecule has 0 bridgehead atoms. The van der Waals surface area contributed by atoms with Gasteiger partial charge in [0.1, 0.15) is 11.5 Å². The second kappa shape index (κ2) is 9.34. The molecule has 5 nitrogen and oxygen atoms in total. The van der Waals surface area contributed by atoms with E-state index in [1.807, 2.05) is 24.3 Å². The van der Waals surface area contributed by atoms with Crippen LogP contribution >= 0.6 is 44.1 Å². The molecule has 2 aromatic carbocycles. The minimum atomic E-state index is -0.368. The van der Waals surface area contributed by atoms with Crippen LogP contribution in [0, 0.1) is 0 Å². The molecule has 0 heterocycles. The van der Waals surface area contributed by atoms with E-state index in [0.29, 0.717) is 26.3 Å². The van der Waals surface area contributed by atoms with Gasteiger partial charge in [0.15, 0.2) is 11.7 Å². The topological polar surface area (TPSA) is 70.6 Å². The highest BCUT2D eigenvalue weighted by Crippen LogP contribution is 2.35. The lowest BCUT2D eigenvalue weighted by Gasteiger charge is -2.12. The van der Waals surface area contributed by atoms with E-state index in [4.69, 9.17) is 17.0 Å². The van der Waals surface area contributed by atoms with E-state index < -0.39 is 0 Å². The van der Waals surface area contributed by atoms with Crippen LogP contribution in [0.15, 0.2) is 45.3 Å². The molecular weight excluding hydrogens is 484 g/mol. The van der Waals surface area contributed by atoms with Crippen LogP contribution in [0.3, 0.4) is 0 Å². The number of halogens is 2. The first-order valence-corrected chi connectivity index (χ1v) is 9.77. The van der Waals surface area contributed by atoms with Crippen molar-refractivity contribution in [3.8, 4) is 11.5 Å². The first kappa shape index (κ1) is 20.7. The molecule has 0 unspecified atom stereocenters. The van der Waals surface area contributed by atoms with Crippen molar-refractivity contribution in [3.63, 3.8) is 0 Å². The number of amides is 1. The first-order valence-electron chi connectivity index (χ1n) is 7.78. The van der Waals surface area contributed by atoms with Gasteiger partial charge in [-0.05, 0) is 79.8 Å². The monoisotopic (exact) mass is 500 g/mol. The molecule has 2 aromatic rings. The van der Waals surface area contributed by atoms with Gasteiger partial charge in [-0.25, -0.2) is 0 Å². The van der Waals surface area contributed by atoms with Crippen molar-refractivity contribution in [1.29, 1.82) is 0 Å². The number of carbonyl (C=O) groups is 1. The zero-order chi connectivity index (χ0) is 19.3. The lowest BCUT2D eigenvalue weighted by molar-refractivity contribution is -0.121. The molecule has 26 heavy (non-hydrogen) atoms. The molecule has 0 aliphatic rings. The van der Waals surface area contributed by atoms with Gasteiger partial charge >= 0.3 is 0 Å². The van der Waals surface area contributed by atoms with Crippen LogP contribution in [-0.2, 0) is 4.79 Å². The number of rotatable bonds is 5. The van der Waals surface area contributed by atoms with E-state index in [1.165, 1.54) is 5.56 Å². The van der Waals surface area contributed by atoms with E-state index in [0.717, 1.165) is 0 Å². The molecule has 0 atom stereocenters. The van der Waals surface area contributed by atoms with Gasteiger partial charge in [-0.2, -0.15) is 0 Å². The van der Waals surface area contributed by atoms with Crippen molar-refractivity contribution < 1.29 is 14.6 Å². The normalized spacial score (nSPS) is 10.5. The number of phenolic OH excluding ortho intramolecular Hbond substituents is 1. The van der Waals surface area contributed by atoms with Gasteiger partial charge in [-0.3, -0.25) is 10.1 Å².